The van der Waals surface area contributed by atoms with E-state index >= 15 is 0 Å². The summed E-state index contributed by atoms with van der Waals surface area (Å²) in [5, 5.41) is 0. The fourth-order valence-electron chi connectivity index (χ4n) is 0.953. The zero-order chi connectivity index (χ0) is 9.84. The minimum atomic E-state index is -0.293. The van der Waals surface area contributed by atoms with Crippen LogP contribution in [0.15, 0.2) is 24.4 Å². The molecule has 0 unspecified atom stereocenters. The third-order valence-corrected chi connectivity index (χ3v) is 1.63. The number of halogens is 1. The van der Waals surface area contributed by atoms with Crippen LogP contribution in [0, 0.1) is 5.82 Å². The Morgan fingerprint density at radius 2 is 2.08 bits per heavy atom. The topological polar surface area (TPSA) is 29.3 Å². The van der Waals surface area contributed by atoms with E-state index < -0.39 is 0 Å². The molecule has 0 aromatic heterocycles. The predicted octanol–water partition coefficient (Wildman–Crippen LogP) is 1.94. The number of anilines is 1. The van der Waals surface area contributed by atoms with E-state index in [0.717, 1.165) is 0 Å². The molecule has 2 nitrogen and oxygen atoms in total. The molecule has 13 heavy (non-hydrogen) atoms. The molecule has 0 bridgehead atoms. The van der Waals surface area contributed by atoms with Crippen molar-refractivity contribution in [2.75, 3.05) is 19.8 Å². The molecule has 3 heteroatoms. The van der Waals surface area contributed by atoms with Crippen LogP contribution >= 0.6 is 0 Å². The molecule has 0 spiro atoms. The molecule has 0 fully saturated rings. The summed E-state index contributed by atoms with van der Waals surface area (Å²) >= 11 is 0. The second-order valence-corrected chi connectivity index (χ2v) is 3.02. The minimum Gasteiger partial charge on any atom is -0.398 e. The number of benzene rings is 1. The Balaban J connectivity index is 3.00. The molecule has 0 saturated carbocycles. The average molecular weight is 180 g/mol. The van der Waals surface area contributed by atoms with Crippen LogP contribution in [0.1, 0.15) is 5.56 Å². The molecular formula is C10H13FN2. The van der Waals surface area contributed by atoms with E-state index in [-0.39, 0.29) is 5.82 Å². The van der Waals surface area contributed by atoms with Crippen molar-refractivity contribution in [1.82, 2.24) is 4.90 Å². The molecule has 2 N–H and O–H groups in total. The highest BCUT2D eigenvalue weighted by Gasteiger charge is 2.00. The van der Waals surface area contributed by atoms with Crippen molar-refractivity contribution in [2.45, 2.75) is 0 Å². The van der Waals surface area contributed by atoms with Gasteiger partial charge < -0.3 is 10.6 Å². The van der Waals surface area contributed by atoms with Crippen molar-refractivity contribution in [3.8, 4) is 0 Å². The van der Waals surface area contributed by atoms with E-state index in [0.29, 0.717) is 11.3 Å². The first-order chi connectivity index (χ1) is 6.11. The number of hydrogen-bond acceptors (Lipinski definition) is 2. The van der Waals surface area contributed by atoms with Crippen LogP contribution in [-0.2, 0) is 0 Å². The van der Waals surface area contributed by atoms with Gasteiger partial charge in [-0.3, -0.25) is 0 Å². The van der Waals surface area contributed by atoms with E-state index in [1.165, 1.54) is 6.07 Å². The van der Waals surface area contributed by atoms with Gasteiger partial charge in [0.2, 0.25) is 0 Å². The summed E-state index contributed by atoms with van der Waals surface area (Å²) < 4.78 is 13.2. The Kier molecular flexibility index (Phi) is 2.90. The van der Waals surface area contributed by atoms with Gasteiger partial charge in [-0.2, -0.15) is 0 Å². The van der Waals surface area contributed by atoms with Gasteiger partial charge in [-0.05, 0) is 24.4 Å². The van der Waals surface area contributed by atoms with E-state index in [9.17, 15) is 4.39 Å². The van der Waals surface area contributed by atoms with Gasteiger partial charge in [0.1, 0.15) is 5.82 Å². The van der Waals surface area contributed by atoms with Gasteiger partial charge in [0, 0.05) is 25.3 Å². The van der Waals surface area contributed by atoms with Crippen molar-refractivity contribution in [1.29, 1.82) is 0 Å². The maximum atomic E-state index is 13.2. The minimum absolute atomic E-state index is 0.293. The number of nitrogens with two attached hydrogens (primary N) is 1. The van der Waals surface area contributed by atoms with Crippen LogP contribution in [0.3, 0.4) is 0 Å². The van der Waals surface area contributed by atoms with E-state index in [2.05, 4.69) is 0 Å². The molecule has 0 aliphatic heterocycles. The zero-order valence-electron chi connectivity index (χ0n) is 7.79. The van der Waals surface area contributed by atoms with Crippen LogP contribution in [0.2, 0.25) is 0 Å². The summed E-state index contributed by atoms with van der Waals surface area (Å²) in [6, 6.07) is 4.67. The van der Waals surface area contributed by atoms with Gasteiger partial charge in [0.05, 0.1) is 0 Å². The summed E-state index contributed by atoms with van der Waals surface area (Å²) in [7, 11) is 3.74. The molecule has 0 atom stereocenters. The first kappa shape index (κ1) is 9.58. The lowest BCUT2D eigenvalue weighted by Gasteiger charge is -2.05. The van der Waals surface area contributed by atoms with E-state index in [1.807, 2.05) is 19.0 Å². The lowest BCUT2D eigenvalue weighted by atomic mass is 10.1. The van der Waals surface area contributed by atoms with Gasteiger partial charge in [0.25, 0.3) is 0 Å². The SMILES string of the molecule is CN(C)/C=C/c1c(N)cccc1F. The molecule has 70 valence electrons. The number of nitrogens with zero attached hydrogens (tertiary/aromatic N) is 1. The average Bonchev–Trinajstić information content (AvgIpc) is 2.03. The van der Waals surface area contributed by atoms with E-state index in [4.69, 9.17) is 5.73 Å². The fourth-order valence-corrected chi connectivity index (χ4v) is 0.953. The van der Waals surface area contributed by atoms with Gasteiger partial charge in [0.15, 0.2) is 0 Å². The largest absolute Gasteiger partial charge is 0.398 e. The van der Waals surface area contributed by atoms with Crippen LogP contribution in [-0.4, -0.2) is 19.0 Å². The molecule has 0 amide bonds. The van der Waals surface area contributed by atoms with Crippen LogP contribution < -0.4 is 5.73 Å². The third-order valence-electron chi connectivity index (χ3n) is 1.63. The van der Waals surface area contributed by atoms with Crippen molar-refractivity contribution >= 4 is 11.8 Å². The lowest BCUT2D eigenvalue weighted by Crippen LogP contribution is -2.00. The Morgan fingerprint density at radius 3 is 2.62 bits per heavy atom. The van der Waals surface area contributed by atoms with Gasteiger partial charge >= 0.3 is 0 Å². The number of rotatable bonds is 2. The number of nitrogen functional groups attached to an aromatic ring is 1. The summed E-state index contributed by atoms with van der Waals surface area (Å²) in [5.74, 6) is -0.293. The molecule has 1 aromatic carbocycles. The van der Waals surface area contributed by atoms with Gasteiger partial charge in [-0.25, -0.2) is 4.39 Å². The summed E-state index contributed by atoms with van der Waals surface area (Å²) in [6.45, 7) is 0. The standard InChI is InChI=1S/C10H13FN2/c1-13(2)7-6-8-9(11)4-3-5-10(8)12/h3-7H,12H2,1-2H3/b7-6+. The normalized spacial score (nSPS) is 10.7. The summed E-state index contributed by atoms with van der Waals surface area (Å²) in [6.07, 6.45) is 3.42. The second-order valence-electron chi connectivity index (χ2n) is 3.02. The lowest BCUT2D eigenvalue weighted by molar-refractivity contribution is 0.566. The van der Waals surface area contributed by atoms with Crippen molar-refractivity contribution in [3.05, 3.63) is 35.8 Å². The smallest absolute Gasteiger partial charge is 0.132 e. The molecule has 0 saturated heterocycles. The van der Waals surface area contributed by atoms with Crippen LogP contribution in [0.5, 0.6) is 0 Å². The van der Waals surface area contributed by atoms with Gasteiger partial charge in [-0.1, -0.05) is 6.07 Å². The van der Waals surface area contributed by atoms with Crippen molar-refractivity contribution < 1.29 is 4.39 Å². The first-order valence-corrected chi connectivity index (χ1v) is 4.00. The molecule has 0 radical (unpaired) electrons. The summed E-state index contributed by atoms with van der Waals surface area (Å²) in [5.41, 5.74) is 6.50. The highest BCUT2D eigenvalue weighted by Crippen LogP contribution is 2.16. The Labute approximate surface area is 77.5 Å². The van der Waals surface area contributed by atoms with Gasteiger partial charge in [-0.15, -0.1) is 0 Å². The first-order valence-electron chi connectivity index (χ1n) is 4.00. The quantitative estimate of drug-likeness (QED) is 0.705. The predicted molar refractivity (Wildman–Crippen MR) is 53.5 cm³/mol. The molecule has 0 aliphatic carbocycles. The summed E-state index contributed by atoms with van der Waals surface area (Å²) in [4.78, 5) is 1.83. The molecule has 0 heterocycles. The maximum Gasteiger partial charge on any atom is 0.132 e. The Morgan fingerprint density at radius 1 is 1.38 bits per heavy atom. The highest BCUT2D eigenvalue weighted by molar-refractivity contribution is 5.64. The second kappa shape index (κ2) is 3.94. The van der Waals surface area contributed by atoms with E-state index in [1.54, 1.807) is 24.4 Å². The molecule has 1 aromatic rings. The third kappa shape index (κ3) is 2.47. The fraction of sp³-hybridized carbons (Fsp3) is 0.200. The Bertz CT molecular complexity index is 298. The van der Waals surface area contributed by atoms with Crippen molar-refractivity contribution in [3.63, 3.8) is 0 Å². The highest BCUT2D eigenvalue weighted by atomic mass is 19.1. The monoisotopic (exact) mass is 180 g/mol. The Hall–Kier alpha value is -1.51. The van der Waals surface area contributed by atoms with Crippen LogP contribution in [0.25, 0.3) is 6.08 Å². The zero-order valence-corrected chi connectivity index (χ0v) is 7.79. The van der Waals surface area contributed by atoms with Crippen LogP contribution in [0.4, 0.5) is 10.1 Å². The molecule has 0 aliphatic rings. The molecule has 1 rings (SSSR count). The van der Waals surface area contributed by atoms with Crippen molar-refractivity contribution in [2.24, 2.45) is 0 Å². The molecular weight excluding hydrogens is 167 g/mol. The maximum absolute atomic E-state index is 13.2. The number of hydrogen-bond donors (Lipinski definition) is 1.